The van der Waals surface area contributed by atoms with E-state index < -0.39 is 12.1 Å². The highest BCUT2D eigenvalue weighted by Crippen LogP contribution is 2.14. The number of carbonyl (C=O) groups excluding carboxylic acids is 1. The molecule has 1 aliphatic rings. The van der Waals surface area contributed by atoms with Gasteiger partial charge in [0.2, 0.25) is 5.91 Å². The van der Waals surface area contributed by atoms with E-state index in [2.05, 4.69) is 0 Å². The molecule has 2 rings (SSSR count). The Balaban J connectivity index is 1.76. The molecule has 1 fully saturated rings. The molecule has 22 heavy (non-hydrogen) atoms. The Morgan fingerprint density at radius 2 is 2.09 bits per heavy atom. The number of benzene rings is 1. The lowest BCUT2D eigenvalue weighted by molar-refractivity contribution is -0.159. The highest BCUT2D eigenvalue weighted by atomic mass is 16.5. The van der Waals surface area contributed by atoms with Gasteiger partial charge in [-0.3, -0.25) is 4.79 Å². The van der Waals surface area contributed by atoms with Crippen molar-refractivity contribution in [3.63, 3.8) is 0 Å². The van der Waals surface area contributed by atoms with Gasteiger partial charge in [0, 0.05) is 13.0 Å². The zero-order chi connectivity index (χ0) is 15.9. The molecule has 1 aromatic rings. The third-order valence-electron chi connectivity index (χ3n) is 3.71. The molecule has 0 aliphatic carbocycles. The van der Waals surface area contributed by atoms with Gasteiger partial charge in [-0.15, -0.1) is 0 Å². The zero-order valence-corrected chi connectivity index (χ0v) is 12.7. The van der Waals surface area contributed by atoms with Crippen molar-refractivity contribution in [2.24, 2.45) is 0 Å². The average Bonchev–Trinajstić information content (AvgIpc) is 2.55. The lowest BCUT2D eigenvalue weighted by Gasteiger charge is -2.30. The quantitative estimate of drug-likeness (QED) is 0.858. The fourth-order valence-electron chi connectivity index (χ4n) is 2.42. The predicted molar refractivity (Wildman–Crippen MR) is 79.9 cm³/mol. The zero-order valence-electron chi connectivity index (χ0n) is 12.7. The highest BCUT2D eigenvalue weighted by molar-refractivity contribution is 5.78. The summed E-state index contributed by atoms with van der Waals surface area (Å²) in [6, 6.07) is 7.77. The summed E-state index contributed by atoms with van der Waals surface area (Å²) in [5.74, 6) is -0.216. The maximum atomic E-state index is 12.1. The van der Waals surface area contributed by atoms with Crippen LogP contribution < -0.4 is 4.74 Å². The minimum absolute atomic E-state index is 0.0111. The summed E-state index contributed by atoms with van der Waals surface area (Å²) >= 11 is 0. The number of ether oxygens (including phenoxy) is 2. The molecule has 120 valence electrons. The number of amides is 1. The number of carbonyl (C=O) groups is 2. The van der Waals surface area contributed by atoms with Crippen LogP contribution in [0.15, 0.2) is 24.3 Å². The van der Waals surface area contributed by atoms with Crippen LogP contribution in [0.1, 0.15) is 18.4 Å². The number of morpholine rings is 1. The second kappa shape index (κ2) is 7.79. The van der Waals surface area contributed by atoms with E-state index in [0.717, 1.165) is 24.2 Å². The SMILES string of the molecule is COc1ccc(CCCC(=O)N2CCO[C@H](C(=O)O)C2)cc1. The first-order chi connectivity index (χ1) is 10.6. The van der Waals surface area contributed by atoms with E-state index in [1.165, 1.54) is 0 Å². The smallest absolute Gasteiger partial charge is 0.334 e. The fraction of sp³-hybridized carbons (Fsp3) is 0.500. The molecule has 0 bridgehead atoms. The maximum Gasteiger partial charge on any atom is 0.334 e. The Hall–Kier alpha value is -2.08. The molecule has 0 aromatic heterocycles. The first-order valence-electron chi connectivity index (χ1n) is 7.35. The van der Waals surface area contributed by atoms with Crippen molar-refractivity contribution in [3.8, 4) is 5.75 Å². The Kier molecular flexibility index (Phi) is 5.77. The summed E-state index contributed by atoms with van der Waals surface area (Å²) in [5.41, 5.74) is 1.15. The number of rotatable bonds is 6. The molecule has 6 nitrogen and oxygen atoms in total. The number of aryl methyl sites for hydroxylation is 1. The summed E-state index contributed by atoms with van der Waals surface area (Å²) in [6.45, 7) is 0.878. The van der Waals surface area contributed by atoms with Gasteiger partial charge in [-0.1, -0.05) is 12.1 Å². The Labute approximate surface area is 129 Å². The third kappa shape index (κ3) is 4.46. The van der Waals surface area contributed by atoms with Crippen LogP contribution in [0.25, 0.3) is 0 Å². The second-order valence-electron chi connectivity index (χ2n) is 5.24. The molecule has 1 aliphatic heterocycles. The number of hydrogen-bond donors (Lipinski definition) is 1. The largest absolute Gasteiger partial charge is 0.497 e. The van der Waals surface area contributed by atoms with Crippen LogP contribution in [0.3, 0.4) is 0 Å². The van der Waals surface area contributed by atoms with Gasteiger partial charge in [0.1, 0.15) is 5.75 Å². The first-order valence-corrected chi connectivity index (χ1v) is 7.35. The Bertz CT molecular complexity index is 514. The van der Waals surface area contributed by atoms with Crippen molar-refractivity contribution in [2.45, 2.75) is 25.4 Å². The van der Waals surface area contributed by atoms with Crippen LogP contribution >= 0.6 is 0 Å². The van der Waals surface area contributed by atoms with Gasteiger partial charge in [-0.2, -0.15) is 0 Å². The van der Waals surface area contributed by atoms with Crippen molar-refractivity contribution in [1.82, 2.24) is 4.90 Å². The normalized spacial score (nSPS) is 18.0. The number of carboxylic acid groups (broad SMARTS) is 1. The van der Waals surface area contributed by atoms with Crippen LogP contribution in [-0.4, -0.2) is 54.8 Å². The topological polar surface area (TPSA) is 76.1 Å². The molecule has 1 amide bonds. The Morgan fingerprint density at radius 3 is 2.73 bits per heavy atom. The summed E-state index contributed by atoms with van der Waals surface area (Å²) in [5, 5.41) is 8.93. The van der Waals surface area contributed by atoms with Crippen molar-refractivity contribution in [1.29, 1.82) is 0 Å². The van der Waals surface area contributed by atoms with Crippen LogP contribution in [0.2, 0.25) is 0 Å². The van der Waals surface area contributed by atoms with E-state index in [9.17, 15) is 9.59 Å². The minimum Gasteiger partial charge on any atom is -0.497 e. The fourth-order valence-corrected chi connectivity index (χ4v) is 2.42. The molecule has 1 atom stereocenters. The number of carboxylic acids is 1. The summed E-state index contributed by atoms with van der Waals surface area (Å²) in [4.78, 5) is 24.6. The lowest BCUT2D eigenvalue weighted by Crippen LogP contribution is -2.48. The van der Waals surface area contributed by atoms with E-state index in [1.54, 1.807) is 12.0 Å². The van der Waals surface area contributed by atoms with Gasteiger partial charge < -0.3 is 19.5 Å². The van der Waals surface area contributed by atoms with E-state index in [-0.39, 0.29) is 19.1 Å². The Morgan fingerprint density at radius 1 is 1.36 bits per heavy atom. The highest BCUT2D eigenvalue weighted by Gasteiger charge is 2.28. The average molecular weight is 307 g/mol. The van der Waals surface area contributed by atoms with Crippen molar-refractivity contribution in [3.05, 3.63) is 29.8 Å². The van der Waals surface area contributed by atoms with Gasteiger partial charge in [-0.25, -0.2) is 4.79 Å². The van der Waals surface area contributed by atoms with Crippen LogP contribution in [0, 0.1) is 0 Å². The van der Waals surface area contributed by atoms with E-state index >= 15 is 0 Å². The van der Waals surface area contributed by atoms with Gasteiger partial charge in [0.05, 0.1) is 20.3 Å². The minimum atomic E-state index is -1.02. The number of nitrogens with zero attached hydrogens (tertiary/aromatic N) is 1. The molecular formula is C16H21NO5. The van der Waals surface area contributed by atoms with Crippen molar-refractivity contribution in [2.75, 3.05) is 26.8 Å². The first kappa shape index (κ1) is 16.3. The predicted octanol–water partition coefficient (Wildman–Crippen LogP) is 1.33. The number of methoxy groups -OCH3 is 1. The van der Waals surface area contributed by atoms with E-state index in [0.29, 0.717) is 13.0 Å². The number of aliphatic carboxylic acids is 1. The van der Waals surface area contributed by atoms with Crippen LogP contribution in [0.4, 0.5) is 0 Å². The van der Waals surface area contributed by atoms with E-state index in [1.807, 2.05) is 24.3 Å². The molecule has 0 saturated carbocycles. The molecule has 1 aromatic carbocycles. The summed E-state index contributed by atoms with van der Waals surface area (Å²) < 4.78 is 10.2. The number of hydrogen-bond acceptors (Lipinski definition) is 4. The van der Waals surface area contributed by atoms with Gasteiger partial charge in [0.25, 0.3) is 0 Å². The maximum absolute atomic E-state index is 12.1. The van der Waals surface area contributed by atoms with E-state index in [4.69, 9.17) is 14.6 Å². The molecule has 1 heterocycles. The molecular weight excluding hydrogens is 286 g/mol. The lowest BCUT2D eigenvalue weighted by atomic mass is 10.1. The molecule has 0 spiro atoms. The molecule has 1 N–H and O–H groups in total. The standard InChI is InChI=1S/C16H21NO5/c1-21-13-7-5-12(6-8-13)3-2-4-15(18)17-9-10-22-14(11-17)16(19)20/h5-8,14H,2-4,9-11H2,1H3,(H,19,20)/t14-/m0/s1. The van der Waals surface area contributed by atoms with Gasteiger partial charge in [0.15, 0.2) is 6.10 Å². The molecule has 1 saturated heterocycles. The van der Waals surface area contributed by atoms with Gasteiger partial charge in [-0.05, 0) is 30.5 Å². The molecule has 0 radical (unpaired) electrons. The van der Waals surface area contributed by atoms with Gasteiger partial charge >= 0.3 is 5.97 Å². The van der Waals surface area contributed by atoms with Crippen LogP contribution in [0.5, 0.6) is 5.75 Å². The summed E-state index contributed by atoms with van der Waals surface area (Å²) in [7, 11) is 1.63. The molecule has 0 unspecified atom stereocenters. The monoisotopic (exact) mass is 307 g/mol. The summed E-state index contributed by atoms with van der Waals surface area (Å²) in [6.07, 6.45) is 1.06. The molecule has 6 heteroatoms. The van der Waals surface area contributed by atoms with Crippen LogP contribution in [-0.2, 0) is 20.7 Å². The van der Waals surface area contributed by atoms with Crippen molar-refractivity contribution < 1.29 is 24.2 Å². The van der Waals surface area contributed by atoms with Crippen molar-refractivity contribution >= 4 is 11.9 Å². The second-order valence-corrected chi connectivity index (χ2v) is 5.24. The third-order valence-corrected chi connectivity index (χ3v) is 3.71.